The van der Waals surface area contributed by atoms with Crippen molar-refractivity contribution in [3.63, 3.8) is 0 Å². The van der Waals surface area contributed by atoms with Crippen molar-refractivity contribution in [3.05, 3.63) is 77.5 Å². The van der Waals surface area contributed by atoms with E-state index >= 15 is 0 Å². The van der Waals surface area contributed by atoms with E-state index in [1.807, 2.05) is 25.1 Å². The van der Waals surface area contributed by atoms with E-state index < -0.39 is 0 Å². The number of furan rings is 1. The molecule has 30 heavy (non-hydrogen) atoms. The van der Waals surface area contributed by atoms with Gasteiger partial charge in [-0.25, -0.2) is 9.37 Å². The van der Waals surface area contributed by atoms with E-state index in [1.165, 1.54) is 12.1 Å². The fourth-order valence-electron chi connectivity index (χ4n) is 4.00. The van der Waals surface area contributed by atoms with Crippen LogP contribution in [0.5, 0.6) is 11.5 Å². The Kier molecular flexibility index (Phi) is 4.64. The predicted octanol–water partition coefficient (Wildman–Crippen LogP) is 5.04. The van der Waals surface area contributed by atoms with Gasteiger partial charge in [0.1, 0.15) is 12.4 Å². The van der Waals surface area contributed by atoms with Crippen molar-refractivity contribution in [1.82, 2.24) is 9.88 Å². The highest BCUT2D eigenvalue weighted by atomic mass is 19.1. The fraction of sp³-hybridized carbons (Fsp3) is 0.208. The maximum atomic E-state index is 13.7. The number of nitrogens with zero attached hydrogens (tertiary/aromatic N) is 2. The Morgan fingerprint density at radius 1 is 1.17 bits per heavy atom. The summed E-state index contributed by atoms with van der Waals surface area (Å²) in [6, 6.07) is 12.2. The van der Waals surface area contributed by atoms with Crippen molar-refractivity contribution < 1.29 is 18.7 Å². The maximum Gasteiger partial charge on any atom is 0.165 e. The highest BCUT2D eigenvalue weighted by molar-refractivity contribution is 5.85. The molecule has 6 heteroatoms. The first-order valence-electron chi connectivity index (χ1n) is 9.86. The summed E-state index contributed by atoms with van der Waals surface area (Å²) in [5, 5.41) is 11.6. The summed E-state index contributed by atoms with van der Waals surface area (Å²) in [7, 11) is 0. The Hall–Kier alpha value is -3.38. The Morgan fingerprint density at radius 3 is 2.90 bits per heavy atom. The number of phenolic OH excluding ortho intramolecular Hbond substituents is 1. The lowest BCUT2D eigenvalue weighted by Gasteiger charge is -2.18. The fourth-order valence-corrected chi connectivity index (χ4v) is 4.00. The first-order chi connectivity index (χ1) is 14.6. The molecule has 4 aromatic rings. The SMILES string of the molecule is Cc1cc(-c2cc(O)c3c(c2)CN(Cc2ccoc2)CCO3)nc2cc(F)ccc12. The molecule has 1 N–H and O–H groups in total. The van der Waals surface area contributed by atoms with Crippen LogP contribution in [0.2, 0.25) is 0 Å². The van der Waals surface area contributed by atoms with Gasteiger partial charge in [0.25, 0.3) is 0 Å². The van der Waals surface area contributed by atoms with E-state index in [-0.39, 0.29) is 11.6 Å². The van der Waals surface area contributed by atoms with Crippen LogP contribution in [-0.4, -0.2) is 28.1 Å². The molecule has 0 spiro atoms. The second kappa shape index (κ2) is 7.46. The molecule has 0 saturated carbocycles. The Balaban J connectivity index is 1.54. The first kappa shape index (κ1) is 18.6. The lowest BCUT2D eigenvalue weighted by Crippen LogP contribution is -2.25. The van der Waals surface area contributed by atoms with Crippen LogP contribution in [0.3, 0.4) is 0 Å². The van der Waals surface area contributed by atoms with Crippen LogP contribution in [0.25, 0.3) is 22.2 Å². The molecule has 2 aromatic carbocycles. The first-order valence-corrected chi connectivity index (χ1v) is 9.86. The van der Waals surface area contributed by atoms with Gasteiger partial charge in [0.2, 0.25) is 0 Å². The van der Waals surface area contributed by atoms with Crippen molar-refractivity contribution in [2.45, 2.75) is 20.0 Å². The largest absolute Gasteiger partial charge is 0.504 e. The van der Waals surface area contributed by atoms with E-state index in [0.717, 1.165) is 40.7 Å². The average molecular weight is 404 g/mol. The minimum Gasteiger partial charge on any atom is -0.504 e. The van der Waals surface area contributed by atoms with Gasteiger partial charge in [-0.2, -0.15) is 0 Å². The zero-order valence-corrected chi connectivity index (χ0v) is 16.6. The van der Waals surface area contributed by atoms with Crippen molar-refractivity contribution in [2.75, 3.05) is 13.2 Å². The summed E-state index contributed by atoms with van der Waals surface area (Å²) in [6.07, 6.45) is 3.40. The van der Waals surface area contributed by atoms with Gasteiger partial charge in [-0.05, 0) is 48.9 Å². The van der Waals surface area contributed by atoms with Crippen LogP contribution in [0.4, 0.5) is 4.39 Å². The van der Waals surface area contributed by atoms with Crippen LogP contribution < -0.4 is 4.74 Å². The van der Waals surface area contributed by atoms with Crippen LogP contribution in [0.1, 0.15) is 16.7 Å². The minimum absolute atomic E-state index is 0.0893. The molecule has 0 bridgehead atoms. The summed E-state index contributed by atoms with van der Waals surface area (Å²) >= 11 is 0. The number of hydrogen-bond donors (Lipinski definition) is 1. The van der Waals surface area contributed by atoms with Crippen LogP contribution in [-0.2, 0) is 13.1 Å². The third kappa shape index (κ3) is 3.50. The number of aromatic nitrogens is 1. The van der Waals surface area contributed by atoms with Crippen molar-refractivity contribution >= 4 is 10.9 Å². The zero-order chi connectivity index (χ0) is 20.7. The van der Waals surface area contributed by atoms with E-state index in [4.69, 9.17) is 9.15 Å². The van der Waals surface area contributed by atoms with Gasteiger partial charge in [-0.3, -0.25) is 4.90 Å². The van der Waals surface area contributed by atoms with Gasteiger partial charge < -0.3 is 14.3 Å². The molecule has 0 saturated heterocycles. The second-order valence-electron chi connectivity index (χ2n) is 7.66. The summed E-state index contributed by atoms with van der Waals surface area (Å²) in [5.41, 5.74) is 5.04. The summed E-state index contributed by atoms with van der Waals surface area (Å²) in [5.74, 6) is 0.281. The molecule has 3 heterocycles. The molecular weight excluding hydrogens is 383 g/mol. The number of benzene rings is 2. The van der Waals surface area contributed by atoms with Crippen molar-refractivity contribution in [1.29, 1.82) is 0 Å². The Morgan fingerprint density at radius 2 is 2.07 bits per heavy atom. The molecule has 0 atom stereocenters. The van der Waals surface area contributed by atoms with Gasteiger partial charge in [0, 0.05) is 47.8 Å². The summed E-state index contributed by atoms with van der Waals surface area (Å²) in [6.45, 7) is 4.57. The summed E-state index contributed by atoms with van der Waals surface area (Å²) < 4.78 is 24.7. The van der Waals surface area contributed by atoms with Crippen molar-refractivity contribution in [3.8, 4) is 22.8 Å². The van der Waals surface area contributed by atoms with Crippen molar-refractivity contribution in [2.24, 2.45) is 0 Å². The number of halogens is 1. The van der Waals surface area contributed by atoms with Gasteiger partial charge in [-0.1, -0.05) is 0 Å². The highest BCUT2D eigenvalue weighted by Gasteiger charge is 2.21. The van der Waals surface area contributed by atoms with Crippen LogP contribution in [0.15, 0.2) is 59.4 Å². The van der Waals surface area contributed by atoms with E-state index in [9.17, 15) is 9.50 Å². The van der Waals surface area contributed by atoms with Crippen LogP contribution in [0, 0.1) is 12.7 Å². The molecule has 152 valence electrons. The maximum absolute atomic E-state index is 13.7. The molecule has 0 radical (unpaired) electrons. The lowest BCUT2D eigenvalue weighted by atomic mass is 10.0. The molecule has 5 nitrogen and oxygen atoms in total. The number of aromatic hydroxyl groups is 1. The third-order valence-electron chi connectivity index (χ3n) is 5.45. The van der Waals surface area contributed by atoms with Gasteiger partial charge >= 0.3 is 0 Å². The Labute approximate surface area is 173 Å². The van der Waals surface area contributed by atoms with E-state index in [2.05, 4.69) is 9.88 Å². The zero-order valence-electron chi connectivity index (χ0n) is 16.6. The normalized spacial score (nSPS) is 14.3. The molecule has 1 aliphatic heterocycles. The molecule has 0 aliphatic carbocycles. The van der Waals surface area contributed by atoms with Crippen LogP contribution >= 0.6 is 0 Å². The third-order valence-corrected chi connectivity index (χ3v) is 5.45. The minimum atomic E-state index is -0.320. The molecule has 2 aromatic heterocycles. The molecule has 1 aliphatic rings. The average Bonchev–Trinajstić information content (AvgIpc) is 3.13. The number of rotatable bonds is 3. The lowest BCUT2D eigenvalue weighted by molar-refractivity contribution is 0.217. The molecule has 0 fully saturated rings. The highest BCUT2D eigenvalue weighted by Crippen LogP contribution is 2.38. The molecular formula is C24H21FN2O3. The number of hydrogen-bond acceptors (Lipinski definition) is 5. The number of aryl methyl sites for hydroxylation is 1. The molecule has 5 rings (SSSR count). The monoisotopic (exact) mass is 404 g/mol. The number of phenols is 1. The Bertz CT molecular complexity index is 1220. The summed E-state index contributed by atoms with van der Waals surface area (Å²) in [4.78, 5) is 6.89. The number of pyridine rings is 1. The second-order valence-corrected chi connectivity index (χ2v) is 7.66. The predicted molar refractivity (Wildman–Crippen MR) is 112 cm³/mol. The number of ether oxygens (including phenoxy) is 1. The standard InChI is InChI=1S/C24H21FN2O3/c1-15-8-21(26-22-11-19(25)2-3-20(15)22)17-9-18-13-27(12-16-4-6-29-14-16)5-7-30-24(18)23(28)10-17/h2-4,6,8-11,14,28H,5,7,12-13H2,1H3. The van der Waals surface area contributed by atoms with E-state index in [1.54, 1.807) is 24.7 Å². The topological polar surface area (TPSA) is 58.7 Å². The quantitative estimate of drug-likeness (QED) is 0.518. The smallest absolute Gasteiger partial charge is 0.165 e. The molecule has 0 unspecified atom stereocenters. The van der Waals surface area contributed by atoms with Gasteiger partial charge in [0.05, 0.1) is 23.7 Å². The number of fused-ring (bicyclic) bond motifs is 2. The van der Waals surface area contributed by atoms with Gasteiger partial charge in [-0.15, -0.1) is 0 Å². The van der Waals surface area contributed by atoms with Gasteiger partial charge in [0.15, 0.2) is 11.5 Å². The molecule has 0 amide bonds. The van der Waals surface area contributed by atoms with E-state index in [0.29, 0.717) is 30.1 Å².